The number of sulfonamides is 1. The molecule has 0 spiro atoms. The summed E-state index contributed by atoms with van der Waals surface area (Å²) in [5.41, 5.74) is 0. The van der Waals surface area contributed by atoms with E-state index >= 15 is 0 Å². The molecule has 1 heterocycles. The summed E-state index contributed by atoms with van der Waals surface area (Å²) in [6.45, 7) is 3.29. The molecule has 0 amide bonds. The molecule has 0 bridgehead atoms. The highest BCUT2D eigenvalue weighted by Crippen LogP contribution is 2.28. The van der Waals surface area contributed by atoms with Crippen LogP contribution in [0.15, 0.2) is 16.3 Å². The van der Waals surface area contributed by atoms with Crippen molar-refractivity contribution in [2.75, 3.05) is 6.61 Å². The summed E-state index contributed by atoms with van der Waals surface area (Å²) < 4.78 is 33.2. The van der Waals surface area contributed by atoms with Crippen LogP contribution in [0.2, 0.25) is 0 Å². The summed E-state index contributed by atoms with van der Waals surface area (Å²) in [5.74, 6) is 0. The Bertz CT molecular complexity index is 575. The number of thiophene rings is 1. The normalized spacial score (nSPS) is 25.8. The van der Waals surface area contributed by atoms with Gasteiger partial charge in [-0.1, -0.05) is 0 Å². The van der Waals surface area contributed by atoms with Crippen molar-refractivity contribution in [3.8, 4) is 0 Å². The highest BCUT2D eigenvalue weighted by atomic mass is 32.2. The van der Waals surface area contributed by atoms with Crippen LogP contribution in [0.3, 0.4) is 0 Å². The molecule has 2 aliphatic rings. The summed E-state index contributed by atoms with van der Waals surface area (Å²) in [5, 5.41) is 5.22. The van der Waals surface area contributed by atoms with Gasteiger partial charge in [-0.25, -0.2) is 13.1 Å². The SMILES string of the molecule is CCOC1CC(NS(=O)(=O)c2ccsc2CNC2CC2)C1. The van der Waals surface area contributed by atoms with E-state index in [1.165, 1.54) is 24.2 Å². The van der Waals surface area contributed by atoms with Gasteiger partial charge in [0.2, 0.25) is 10.0 Å². The number of hydrogen-bond donors (Lipinski definition) is 2. The topological polar surface area (TPSA) is 67.4 Å². The molecule has 0 aromatic carbocycles. The third-order valence-corrected chi connectivity index (χ3v) is 6.60. The van der Waals surface area contributed by atoms with Crippen molar-refractivity contribution >= 4 is 21.4 Å². The molecule has 2 N–H and O–H groups in total. The molecule has 118 valence electrons. The molecule has 5 nitrogen and oxygen atoms in total. The monoisotopic (exact) mass is 330 g/mol. The summed E-state index contributed by atoms with van der Waals surface area (Å²) >= 11 is 1.50. The fourth-order valence-electron chi connectivity index (χ4n) is 2.54. The van der Waals surface area contributed by atoms with E-state index in [9.17, 15) is 8.42 Å². The lowest BCUT2D eigenvalue weighted by atomic mass is 9.90. The van der Waals surface area contributed by atoms with Gasteiger partial charge in [-0.2, -0.15) is 0 Å². The highest BCUT2D eigenvalue weighted by molar-refractivity contribution is 7.89. The first kappa shape index (κ1) is 15.4. The lowest BCUT2D eigenvalue weighted by molar-refractivity contribution is -0.00475. The Morgan fingerprint density at radius 3 is 2.76 bits per heavy atom. The van der Waals surface area contributed by atoms with Crippen molar-refractivity contribution in [3.05, 3.63) is 16.3 Å². The predicted octanol–water partition coefficient (Wildman–Crippen LogP) is 1.85. The Morgan fingerprint density at radius 2 is 2.10 bits per heavy atom. The highest BCUT2D eigenvalue weighted by Gasteiger charge is 2.34. The van der Waals surface area contributed by atoms with Crippen LogP contribution in [0.25, 0.3) is 0 Å². The number of nitrogens with one attached hydrogen (secondary N) is 2. The van der Waals surface area contributed by atoms with E-state index in [1.807, 2.05) is 12.3 Å². The molecule has 2 aliphatic carbocycles. The molecular weight excluding hydrogens is 308 g/mol. The van der Waals surface area contributed by atoms with Gasteiger partial charge in [-0.05, 0) is 44.1 Å². The fourth-order valence-corrected chi connectivity index (χ4v) is 5.19. The number of rotatable bonds is 8. The van der Waals surface area contributed by atoms with Crippen molar-refractivity contribution in [1.82, 2.24) is 10.0 Å². The summed E-state index contributed by atoms with van der Waals surface area (Å²) in [6.07, 6.45) is 4.15. The van der Waals surface area contributed by atoms with Crippen LogP contribution in [0.4, 0.5) is 0 Å². The van der Waals surface area contributed by atoms with Crippen LogP contribution in [0.5, 0.6) is 0 Å². The summed E-state index contributed by atoms with van der Waals surface area (Å²) in [7, 11) is -3.41. The first-order chi connectivity index (χ1) is 10.1. The third kappa shape index (κ3) is 3.84. The van der Waals surface area contributed by atoms with Gasteiger partial charge in [0.1, 0.15) is 0 Å². The van der Waals surface area contributed by atoms with Crippen molar-refractivity contribution in [2.24, 2.45) is 0 Å². The quantitative estimate of drug-likeness (QED) is 0.763. The minimum Gasteiger partial charge on any atom is -0.378 e. The maximum absolute atomic E-state index is 12.5. The average Bonchev–Trinajstić information content (AvgIpc) is 3.10. The van der Waals surface area contributed by atoms with Crippen molar-refractivity contribution < 1.29 is 13.2 Å². The lowest BCUT2D eigenvalue weighted by Crippen LogP contribution is -2.47. The molecule has 0 aliphatic heterocycles. The van der Waals surface area contributed by atoms with Gasteiger partial charge < -0.3 is 10.1 Å². The maximum atomic E-state index is 12.5. The van der Waals surface area contributed by atoms with Gasteiger partial charge in [-0.15, -0.1) is 11.3 Å². The van der Waals surface area contributed by atoms with E-state index < -0.39 is 10.0 Å². The molecule has 0 unspecified atom stereocenters. The Labute approximate surface area is 130 Å². The molecule has 0 atom stereocenters. The summed E-state index contributed by atoms with van der Waals surface area (Å²) in [6, 6.07) is 2.29. The zero-order valence-corrected chi connectivity index (χ0v) is 13.8. The van der Waals surface area contributed by atoms with E-state index in [0.717, 1.165) is 17.7 Å². The largest absolute Gasteiger partial charge is 0.378 e. The maximum Gasteiger partial charge on any atom is 0.241 e. The van der Waals surface area contributed by atoms with Crippen molar-refractivity contribution in [3.63, 3.8) is 0 Å². The van der Waals surface area contributed by atoms with Crippen molar-refractivity contribution in [1.29, 1.82) is 0 Å². The van der Waals surface area contributed by atoms with Crippen LogP contribution < -0.4 is 10.0 Å². The molecule has 0 saturated heterocycles. The molecule has 2 saturated carbocycles. The molecule has 21 heavy (non-hydrogen) atoms. The first-order valence-electron chi connectivity index (χ1n) is 7.52. The van der Waals surface area contributed by atoms with Crippen LogP contribution in [0, 0.1) is 0 Å². The Hall–Kier alpha value is -0.470. The van der Waals surface area contributed by atoms with Gasteiger partial charge in [-0.3, -0.25) is 0 Å². The van der Waals surface area contributed by atoms with Crippen LogP contribution >= 0.6 is 11.3 Å². The zero-order chi connectivity index (χ0) is 14.9. The second kappa shape index (κ2) is 6.34. The number of ether oxygens (including phenoxy) is 1. The predicted molar refractivity (Wildman–Crippen MR) is 82.9 cm³/mol. The smallest absolute Gasteiger partial charge is 0.241 e. The molecule has 7 heteroatoms. The molecule has 0 radical (unpaired) electrons. The number of hydrogen-bond acceptors (Lipinski definition) is 5. The Morgan fingerprint density at radius 1 is 1.33 bits per heavy atom. The average molecular weight is 330 g/mol. The van der Waals surface area contributed by atoms with Crippen LogP contribution in [-0.4, -0.2) is 33.2 Å². The van der Waals surface area contributed by atoms with E-state index in [2.05, 4.69) is 10.0 Å². The van der Waals surface area contributed by atoms with E-state index in [0.29, 0.717) is 24.1 Å². The third-order valence-electron chi connectivity index (χ3n) is 3.94. The van der Waals surface area contributed by atoms with E-state index in [1.54, 1.807) is 6.07 Å². The molecular formula is C14H22N2O3S2. The summed E-state index contributed by atoms with van der Waals surface area (Å²) in [4.78, 5) is 1.33. The van der Waals surface area contributed by atoms with Gasteiger partial charge in [0.15, 0.2) is 0 Å². The second-order valence-electron chi connectivity index (χ2n) is 5.73. The molecule has 1 aromatic heterocycles. The Balaban J connectivity index is 1.58. The second-order valence-corrected chi connectivity index (χ2v) is 8.41. The van der Waals surface area contributed by atoms with E-state index in [4.69, 9.17) is 4.74 Å². The Kier molecular flexibility index (Phi) is 4.66. The zero-order valence-electron chi connectivity index (χ0n) is 12.2. The van der Waals surface area contributed by atoms with Crippen molar-refractivity contribution in [2.45, 2.75) is 62.2 Å². The van der Waals surface area contributed by atoms with Gasteiger partial charge in [0.25, 0.3) is 0 Å². The lowest BCUT2D eigenvalue weighted by Gasteiger charge is -2.35. The van der Waals surface area contributed by atoms with Crippen LogP contribution in [-0.2, 0) is 21.3 Å². The minimum atomic E-state index is -3.41. The van der Waals surface area contributed by atoms with Gasteiger partial charge in [0, 0.05) is 30.1 Å². The standard InChI is InChI=1S/C14H22N2O3S2/c1-2-19-12-7-11(8-12)16-21(17,18)14-5-6-20-13(14)9-15-10-3-4-10/h5-6,10-12,15-16H,2-4,7-9H2,1H3. The van der Waals surface area contributed by atoms with E-state index in [-0.39, 0.29) is 12.1 Å². The fraction of sp³-hybridized carbons (Fsp3) is 0.714. The molecule has 1 aromatic rings. The van der Waals surface area contributed by atoms with Crippen LogP contribution in [0.1, 0.15) is 37.5 Å². The first-order valence-corrected chi connectivity index (χ1v) is 9.88. The molecule has 2 fully saturated rings. The van der Waals surface area contributed by atoms with Gasteiger partial charge in [0.05, 0.1) is 11.0 Å². The minimum absolute atomic E-state index is 0.00990. The van der Waals surface area contributed by atoms with Gasteiger partial charge >= 0.3 is 0 Å². The molecule has 3 rings (SSSR count).